The van der Waals surface area contributed by atoms with E-state index in [2.05, 4.69) is 21.0 Å². The van der Waals surface area contributed by atoms with Crippen molar-refractivity contribution in [3.8, 4) is 17.0 Å². The Morgan fingerprint density at radius 1 is 0.963 bits per heavy atom. The summed E-state index contributed by atoms with van der Waals surface area (Å²) in [5, 5.41) is 0. The molecular formula is C21H17N5O. The first-order valence-electron chi connectivity index (χ1n) is 8.82. The Labute approximate surface area is 156 Å². The maximum absolute atomic E-state index is 5.90. The number of nitrogens with two attached hydrogens (primary N) is 1. The normalized spacial score (nSPS) is 15.9. The standard InChI is InChI=1S/C21H17N5O/c22-21-23-8-7-16(26-21)13-5-6-17-18(10-13)24-11-19(25-17)15-9-14-3-1-2-4-20(14)27-12-15/h1-8,10-11,15H,9,12H2,(H2,22,23,26). The molecule has 2 aromatic heterocycles. The fraction of sp³-hybridized carbons (Fsp3) is 0.143. The highest BCUT2D eigenvalue weighted by atomic mass is 16.5. The Morgan fingerprint density at radius 3 is 2.81 bits per heavy atom. The molecule has 6 nitrogen and oxygen atoms in total. The summed E-state index contributed by atoms with van der Waals surface area (Å²) in [7, 11) is 0. The van der Waals surface area contributed by atoms with Gasteiger partial charge >= 0.3 is 0 Å². The zero-order chi connectivity index (χ0) is 18.2. The lowest BCUT2D eigenvalue weighted by atomic mass is 9.94. The van der Waals surface area contributed by atoms with Crippen LogP contribution in [0.1, 0.15) is 17.2 Å². The molecule has 5 rings (SSSR count). The average molecular weight is 355 g/mol. The number of fused-ring (bicyclic) bond motifs is 2. The molecule has 0 bridgehead atoms. The lowest BCUT2D eigenvalue weighted by Crippen LogP contribution is -2.20. The molecule has 2 aromatic carbocycles. The minimum absolute atomic E-state index is 0.207. The molecule has 1 atom stereocenters. The van der Waals surface area contributed by atoms with Crippen LogP contribution in [0.15, 0.2) is 60.9 Å². The summed E-state index contributed by atoms with van der Waals surface area (Å²) in [6, 6.07) is 15.9. The minimum Gasteiger partial charge on any atom is -0.493 e. The lowest BCUT2D eigenvalue weighted by molar-refractivity contribution is 0.260. The first-order chi connectivity index (χ1) is 13.3. The van der Waals surface area contributed by atoms with Gasteiger partial charge in [0.15, 0.2) is 0 Å². The van der Waals surface area contributed by atoms with Gasteiger partial charge < -0.3 is 10.5 Å². The van der Waals surface area contributed by atoms with E-state index in [9.17, 15) is 0 Å². The molecule has 0 saturated heterocycles. The summed E-state index contributed by atoms with van der Waals surface area (Å²) in [5.74, 6) is 1.43. The number of para-hydroxylation sites is 1. The number of anilines is 1. The smallest absolute Gasteiger partial charge is 0.220 e. The molecule has 1 aliphatic rings. The van der Waals surface area contributed by atoms with Gasteiger partial charge in [-0.25, -0.2) is 15.0 Å². The number of rotatable bonds is 2. The maximum atomic E-state index is 5.90. The third-order valence-corrected chi connectivity index (χ3v) is 4.83. The molecule has 0 spiro atoms. The zero-order valence-electron chi connectivity index (χ0n) is 14.5. The van der Waals surface area contributed by atoms with Crippen LogP contribution in [0.5, 0.6) is 5.75 Å². The van der Waals surface area contributed by atoms with E-state index in [4.69, 9.17) is 15.5 Å². The highest BCUT2D eigenvalue weighted by molar-refractivity contribution is 5.80. The molecule has 132 valence electrons. The van der Waals surface area contributed by atoms with Crippen LogP contribution < -0.4 is 10.5 Å². The molecule has 2 N–H and O–H groups in total. The number of nitrogens with zero attached hydrogens (tertiary/aromatic N) is 4. The van der Waals surface area contributed by atoms with Crippen molar-refractivity contribution < 1.29 is 4.74 Å². The van der Waals surface area contributed by atoms with Crippen molar-refractivity contribution in [1.29, 1.82) is 0 Å². The van der Waals surface area contributed by atoms with Crippen LogP contribution in [-0.2, 0) is 6.42 Å². The fourth-order valence-corrected chi connectivity index (χ4v) is 3.43. The number of aromatic nitrogens is 4. The quantitative estimate of drug-likeness (QED) is 0.593. The summed E-state index contributed by atoms with van der Waals surface area (Å²) < 4.78 is 5.90. The van der Waals surface area contributed by atoms with Gasteiger partial charge in [0.05, 0.1) is 29.0 Å². The van der Waals surface area contributed by atoms with E-state index < -0.39 is 0 Å². The molecule has 27 heavy (non-hydrogen) atoms. The Hall–Kier alpha value is -3.54. The highest BCUT2D eigenvalue weighted by Gasteiger charge is 2.22. The molecule has 0 fully saturated rings. The number of benzene rings is 2. The fourth-order valence-electron chi connectivity index (χ4n) is 3.43. The zero-order valence-corrected chi connectivity index (χ0v) is 14.5. The predicted molar refractivity (Wildman–Crippen MR) is 103 cm³/mol. The van der Waals surface area contributed by atoms with E-state index in [1.54, 1.807) is 6.20 Å². The van der Waals surface area contributed by atoms with Crippen LogP contribution in [0.25, 0.3) is 22.3 Å². The monoisotopic (exact) mass is 355 g/mol. The molecule has 3 heterocycles. The first kappa shape index (κ1) is 15.7. The van der Waals surface area contributed by atoms with Crippen LogP contribution in [0.3, 0.4) is 0 Å². The third-order valence-electron chi connectivity index (χ3n) is 4.83. The second-order valence-corrected chi connectivity index (χ2v) is 6.62. The molecule has 6 heteroatoms. The lowest BCUT2D eigenvalue weighted by Gasteiger charge is -2.24. The number of hydrogen-bond donors (Lipinski definition) is 1. The van der Waals surface area contributed by atoms with Gasteiger partial charge in [-0.15, -0.1) is 0 Å². The second kappa shape index (κ2) is 6.32. The number of ether oxygens (including phenoxy) is 1. The van der Waals surface area contributed by atoms with Gasteiger partial charge in [-0.05, 0) is 36.2 Å². The van der Waals surface area contributed by atoms with E-state index >= 15 is 0 Å². The van der Waals surface area contributed by atoms with Gasteiger partial charge in [0, 0.05) is 23.9 Å². The molecule has 0 amide bonds. The molecule has 0 radical (unpaired) electrons. The minimum atomic E-state index is 0.207. The van der Waals surface area contributed by atoms with Crippen molar-refractivity contribution in [2.75, 3.05) is 12.3 Å². The van der Waals surface area contributed by atoms with Crippen LogP contribution in [0, 0.1) is 0 Å². The van der Waals surface area contributed by atoms with Gasteiger partial charge in [0.2, 0.25) is 5.95 Å². The maximum Gasteiger partial charge on any atom is 0.220 e. The van der Waals surface area contributed by atoms with E-state index in [1.807, 2.05) is 48.7 Å². The summed E-state index contributed by atoms with van der Waals surface area (Å²) in [6.07, 6.45) is 4.41. The Morgan fingerprint density at radius 2 is 1.89 bits per heavy atom. The first-order valence-corrected chi connectivity index (χ1v) is 8.82. The second-order valence-electron chi connectivity index (χ2n) is 6.62. The van der Waals surface area contributed by atoms with Crippen molar-refractivity contribution in [2.45, 2.75) is 12.3 Å². The van der Waals surface area contributed by atoms with Crippen LogP contribution in [-0.4, -0.2) is 26.5 Å². The largest absolute Gasteiger partial charge is 0.493 e. The SMILES string of the molecule is Nc1nccc(-c2ccc3nc(C4COc5ccccc5C4)cnc3c2)n1. The summed E-state index contributed by atoms with van der Waals surface area (Å²) >= 11 is 0. The van der Waals surface area contributed by atoms with Gasteiger partial charge in [0.25, 0.3) is 0 Å². The van der Waals surface area contributed by atoms with E-state index in [1.165, 1.54) is 5.56 Å². The number of hydrogen-bond acceptors (Lipinski definition) is 6. The topological polar surface area (TPSA) is 86.8 Å². The molecule has 0 saturated carbocycles. The van der Waals surface area contributed by atoms with Crippen LogP contribution in [0.2, 0.25) is 0 Å². The van der Waals surface area contributed by atoms with Gasteiger partial charge in [-0.2, -0.15) is 0 Å². The predicted octanol–water partition coefficient (Wildman–Crippen LogP) is 3.39. The van der Waals surface area contributed by atoms with E-state index in [0.29, 0.717) is 6.61 Å². The van der Waals surface area contributed by atoms with Crippen molar-refractivity contribution in [1.82, 2.24) is 19.9 Å². The molecule has 0 aliphatic carbocycles. The van der Waals surface area contributed by atoms with Crippen molar-refractivity contribution >= 4 is 17.0 Å². The molecule has 1 unspecified atom stereocenters. The van der Waals surface area contributed by atoms with Crippen LogP contribution in [0.4, 0.5) is 5.95 Å². The van der Waals surface area contributed by atoms with Crippen LogP contribution >= 0.6 is 0 Å². The summed E-state index contributed by atoms with van der Waals surface area (Å²) in [4.78, 5) is 17.7. The molecular weight excluding hydrogens is 338 g/mol. The third kappa shape index (κ3) is 2.95. The van der Waals surface area contributed by atoms with E-state index in [-0.39, 0.29) is 11.9 Å². The highest BCUT2D eigenvalue weighted by Crippen LogP contribution is 2.32. The van der Waals surface area contributed by atoms with Gasteiger partial charge in [-0.1, -0.05) is 24.3 Å². The summed E-state index contributed by atoms with van der Waals surface area (Å²) in [6.45, 7) is 0.621. The Kier molecular flexibility index (Phi) is 3.67. The number of nitrogen functional groups attached to an aromatic ring is 1. The Balaban J connectivity index is 1.47. The van der Waals surface area contributed by atoms with Crippen molar-refractivity contribution in [3.05, 3.63) is 72.2 Å². The van der Waals surface area contributed by atoms with E-state index in [0.717, 1.165) is 40.2 Å². The molecule has 4 aromatic rings. The van der Waals surface area contributed by atoms with Gasteiger partial charge in [-0.3, -0.25) is 4.98 Å². The Bertz CT molecular complexity index is 1140. The van der Waals surface area contributed by atoms with Crippen molar-refractivity contribution in [3.63, 3.8) is 0 Å². The van der Waals surface area contributed by atoms with Crippen molar-refractivity contribution in [2.24, 2.45) is 0 Å². The average Bonchev–Trinajstić information content (AvgIpc) is 2.72. The van der Waals surface area contributed by atoms with Gasteiger partial charge in [0.1, 0.15) is 5.75 Å². The summed E-state index contributed by atoms with van der Waals surface area (Å²) in [5.41, 5.74) is 11.2. The molecule has 1 aliphatic heterocycles.